The predicted molar refractivity (Wildman–Crippen MR) is 118 cm³/mol. The number of halogens is 2. The van der Waals surface area contributed by atoms with Crippen molar-refractivity contribution in [2.75, 3.05) is 36.4 Å². The summed E-state index contributed by atoms with van der Waals surface area (Å²) in [7, 11) is 0. The smallest absolute Gasteiger partial charge is 0.321 e. The van der Waals surface area contributed by atoms with Gasteiger partial charge in [-0.25, -0.2) is 9.18 Å². The molecule has 2 aliphatic heterocycles. The number of urea groups is 1. The highest BCUT2D eigenvalue weighted by Gasteiger charge is 2.46. The third-order valence-corrected chi connectivity index (χ3v) is 6.53. The standard InChI is InChI=1S/C23H22ClFN4O/c24-16-1-4-18(5-2-16)27-22(30)29-14-23(15-29)8-11-28(12-9-23)21-7-10-26-20-6-3-17(25)13-19(20)21/h1-7,10,13H,8-9,11-12,14-15H2,(H,27,30). The van der Waals surface area contributed by atoms with Crippen molar-refractivity contribution in [3.63, 3.8) is 0 Å². The zero-order chi connectivity index (χ0) is 20.7. The quantitative estimate of drug-likeness (QED) is 0.618. The van der Waals surface area contributed by atoms with Crippen LogP contribution in [0.5, 0.6) is 0 Å². The van der Waals surface area contributed by atoms with Gasteiger partial charge in [0.2, 0.25) is 0 Å². The van der Waals surface area contributed by atoms with Gasteiger partial charge in [-0.3, -0.25) is 4.98 Å². The molecule has 0 saturated carbocycles. The van der Waals surface area contributed by atoms with Crippen LogP contribution in [0.2, 0.25) is 5.02 Å². The Kier molecular flexibility index (Phi) is 4.74. The van der Waals surface area contributed by atoms with Crippen LogP contribution in [0.15, 0.2) is 54.7 Å². The number of hydrogen-bond acceptors (Lipinski definition) is 3. The molecule has 3 heterocycles. The normalized spacial score (nSPS) is 17.8. The van der Waals surface area contributed by atoms with E-state index in [1.807, 2.05) is 11.0 Å². The van der Waals surface area contributed by atoms with Crippen molar-refractivity contribution >= 4 is 39.9 Å². The molecule has 154 valence electrons. The molecule has 1 spiro atoms. The number of nitrogens with zero attached hydrogens (tertiary/aromatic N) is 3. The van der Waals surface area contributed by atoms with E-state index in [0.717, 1.165) is 61.3 Å². The van der Waals surface area contributed by atoms with E-state index in [2.05, 4.69) is 15.2 Å². The number of piperidine rings is 1. The summed E-state index contributed by atoms with van der Waals surface area (Å²) in [5.41, 5.74) is 2.77. The Morgan fingerprint density at radius 3 is 2.53 bits per heavy atom. The number of nitrogens with one attached hydrogen (secondary N) is 1. The molecular formula is C23H22ClFN4O. The van der Waals surface area contributed by atoms with Crippen LogP contribution in [-0.4, -0.2) is 42.1 Å². The van der Waals surface area contributed by atoms with E-state index in [1.54, 1.807) is 42.6 Å². The lowest BCUT2D eigenvalue weighted by Gasteiger charge is -2.54. The highest BCUT2D eigenvalue weighted by atomic mass is 35.5. The first-order chi connectivity index (χ1) is 14.5. The maximum Gasteiger partial charge on any atom is 0.321 e. The molecule has 2 fully saturated rings. The van der Waals surface area contributed by atoms with Gasteiger partial charge in [-0.1, -0.05) is 11.6 Å². The molecule has 1 N–H and O–H groups in total. The summed E-state index contributed by atoms with van der Waals surface area (Å²) in [5.74, 6) is -0.244. The van der Waals surface area contributed by atoms with Gasteiger partial charge in [0.1, 0.15) is 5.82 Å². The van der Waals surface area contributed by atoms with Crippen LogP contribution in [0.25, 0.3) is 10.9 Å². The second-order valence-corrected chi connectivity index (χ2v) is 8.71. The first kappa shape index (κ1) is 19.1. The van der Waals surface area contributed by atoms with Crippen LogP contribution >= 0.6 is 11.6 Å². The monoisotopic (exact) mass is 424 g/mol. The zero-order valence-corrected chi connectivity index (χ0v) is 17.2. The molecule has 7 heteroatoms. The number of pyridine rings is 1. The predicted octanol–water partition coefficient (Wildman–Crippen LogP) is 5.16. The number of carbonyl (C=O) groups is 1. The van der Waals surface area contributed by atoms with Gasteiger partial charge in [0, 0.05) is 59.6 Å². The molecule has 2 aromatic carbocycles. The number of anilines is 2. The Morgan fingerprint density at radius 1 is 1.07 bits per heavy atom. The lowest BCUT2D eigenvalue weighted by atomic mass is 9.72. The number of aromatic nitrogens is 1. The minimum atomic E-state index is -0.244. The molecule has 5 rings (SSSR count). The number of carbonyl (C=O) groups excluding carboxylic acids is 1. The van der Waals surface area contributed by atoms with E-state index >= 15 is 0 Å². The number of likely N-dealkylation sites (tertiary alicyclic amines) is 1. The summed E-state index contributed by atoms with van der Waals surface area (Å²) in [4.78, 5) is 21.0. The summed E-state index contributed by atoms with van der Waals surface area (Å²) in [6.07, 6.45) is 3.81. The number of benzene rings is 2. The average Bonchev–Trinajstić information content (AvgIpc) is 2.73. The molecule has 0 atom stereocenters. The highest BCUT2D eigenvalue weighted by Crippen LogP contribution is 2.42. The highest BCUT2D eigenvalue weighted by molar-refractivity contribution is 6.30. The zero-order valence-electron chi connectivity index (χ0n) is 16.4. The van der Waals surface area contributed by atoms with Gasteiger partial charge in [-0.15, -0.1) is 0 Å². The summed E-state index contributed by atoms with van der Waals surface area (Å²) >= 11 is 5.89. The van der Waals surface area contributed by atoms with E-state index in [-0.39, 0.29) is 17.3 Å². The fourth-order valence-corrected chi connectivity index (χ4v) is 4.69. The lowest BCUT2D eigenvalue weighted by molar-refractivity contribution is 0.0160. The van der Waals surface area contributed by atoms with E-state index < -0.39 is 0 Å². The largest absolute Gasteiger partial charge is 0.371 e. The minimum Gasteiger partial charge on any atom is -0.371 e. The molecule has 5 nitrogen and oxygen atoms in total. The molecule has 3 aromatic rings. The van der Waals surface area contributed by atoms with E-state index in [9.17, 15) is 9.18 Å². The molecule has 2 aliphatic rings. The van der Waals surface area contributed by atoms with Crippen molar-refractivity contribution in [3.05, 3.63) is 65.6 Å². The van der Waals surface area contributed by atoms with Crippen LogP contribution in [0.3, 0.4) is 0 Å². The summed E-state index contributed by atoms with van der Waals surface area (Å²) in [6, 6.07) is 13.8. The van der Waals surface area contributed by atoms with Crippen molar-refractivity contribution in [1.82, 2.24) is 9.88 Å². The third kappa shape index (κ3) is 3.56. The fourth-order valence-electron chi connectivity index (χ4n) is 4.56. The number of amides is 2. The number of rotatable bonds is 2. The van der Waals surface area contributed by atoms with Gasteiger partial charge in [-0.2, -0.15) is 0 Å². The Balaban J connectivity index is 1.21. The van der Waals surface area contributed by atoms with Crippen LogP contribution < -0.4 is 10.2 Å². The Morgan fingerprint density at radius 2 is 1.80 bits per heavy atom. The first-order valence-corrected chi connectivity index (χ1v) is 10.5. The van der Waals surface area contributed by atoms with Crippen LogP contribution in [0.4, 0.5) is 20.6 Å². The topological polar surface area (TPSA) is 48.5 Å². The average molecular weight is 425 g/mol. The van der Waals surface area contributed by atoms with Crippen molar-refractivity contribution in [1.29, 1.82) is 0 Å². The minimum absolute atomic E-state index is 0.0685. The van der Waals surface area contributed by atoms with E-state index in [1.165, 1.54) is 6.07 Å². The van der Waals surface area contributed by atoms with Gasteiger partial charge in [0.25, 0.3) is 0 Å². The number of hydrogen-bond donors (Lipinski definition) is 1. The molecule has 2 amide bonds. The first-order valence-electron chi connectivity index (χ1n) is 10.1. The Labute approximate surface area is 179 Å². The van der Waals surface area contributed by atoms with Crippen molar-refractivity contribution in [3.8, 4) is 0 Å². The van der Waals surface area contributed by atoms with E-state index in [0.29, 0.717) is 5.02 Å². The Hall–Kier alpha value is -2.86. The third-order valence-electron chi connectivity index (χ3n) is 6.28. The second-order valence-electron chi connectivity index (χ2n) is 8.27. The number of fused-ring (bicyclic) bond motifs is 1. The molecule has 0 bridgehead atoms. The van der Waals surface area contributed by atoms with Crippen molar-refractivity contribution < 1.29 is 9.18 Å². The van der Waals surface area contributed by atoms with E-state index in [4.69, 9.17) is 11.6 Å². The fraction of sp³-hybridized carbons (Fsp3) is 0.304. The molecule has 0 unspecified atom stereocenters. The van der Waals surface area contributed by atoms with Crippen LogP contribution in [0.1, 0.15) is 12.8 Å². The molecule has 0 radical (unpaired) electrons. The summed E-state index contributed by atoms with van der Waals surface area (Å²) in [6.45, 7) is 3.32. The van der Waals surface area contributed by atoms with Crippen LogP contribution in [0, 0.1) is 11.2 Å². The molecule has 1 aromatic heterocycles. The molecular weight excluding hydrogens is 403 g/mol. The molecule has 0 aliphatic carbocycles. The summed E-state index contributed by atoms with van der Waals surface area (Å²) < 4.78 is 13.8. The SMILES string of the molecule is O=C(Nc1ccc(Cl)cc1)N1CC2(CCN(c3ccnc4ccc(F)cc34)CC2)C1. The van der Waals surface area contributed by atoms with Crippen LogP contribution in [-0.2, 0) is 0 Å². The van der Waals surface area contributed by atoms with Crippen molar-refractivity contribution in [2.45, 2.75) is 12.8 Å². The Bertz CT molecular complexity index is 1090. The second kappa shape index (κ2) is 7.43. The van der Waals surface area contributed by atoms with Gasteiger partial charge in [-0.05, 0) is 61.4 Å². The summed E-state index contributed by atoms with van der Waals surface area (Å²) in [5, 5.41) is 4.43. The maximum atomic E-state index is 13.8. The van der Waals surface area contributed by atoms with Gasteiger partial charge < -0.3 is 15.1 Å². The lowest BCUT2D eigenvalue weighted by Crippen LogP contribution is -2.62. The molecule has 30 heavy (non-hydrogen) atoms. The van der Waals surface area contributed by atoms with Gasteiger partial charge >= 0.3 is 6.03 Å². The van der Waals surface area contributed by atoms with Gasteiger partial charge in [0.05, 0.1) is 5.52 Å². The van der Waals surface area contributed by atoms with Gasteiger partial charge in [0.15, 0.2) is 0 Å². The maximum absolute atomic E-state index is 13.8. The van der Waals surface area contributed by atoms with Crippen molar-refractivity contribution in [2.24, 2.45) is 5.41 Å². The molecule has 2 saturated heterocycles.